The van der Waals surface area contributed by atoms with E-state index in [4.69, 9.17) is 17.3 Å². The third-order valence-electron chi connectivity index (χ3n) is 3.89. The molecule has 0 bridgehead atoms. The zero-order valence-electron chi connectivity index (χ0n) is 11.8. The number of anilines is 2. The van der Waals surface area contributed by atoms with E-state index >= 15 is 0 Å². The molecule has 1 aliphatic carbocycles. The maximum atomic E-state index is 11.8. The predicted molar refractivity (Wildman–Crippen MR) is 84.6 cm³/mol. The molecule has 1 aromatic heterocycles. The van der Waals surface area contributed by atoms with Gasteiger partial charge < -0.3 is 11.1 Å². The van der Waals surface area contributed by atoms with Gasteiger partial charge in [-0.3, -0.25) is 4.79 Å². The van der Waals surface area contributed by atoms with Crippen molar-refractivity contribution in [1.82, 2.24) is 9.78 Å². The van der Waals surface area contributed by atoms with Gasteiger partial charge in [-0.2, -0.15) is 5.10 Å². The van der Waals surface area contributed by atoms with Crippen LogP contribution in [0.25, 0.3) is 0 Å². The molecule has 3 N–H and O–H groups in total. The summed E-state index contributed by atoms with van der Waals surface area (Å²) in [5.74, 6) is 0. The Bertz CT molecular complexity index is 741. The third-order valence-corrected chi connectivity index (χ3v) is 4.25. The number of nitrogen functional groups attached to an aromatic ring is 1. The van der Waals surface area contributed by atoms with Crippen molar-refractivity contribution in [2.75, 3.05) is 11.1 Å². The average Bonchev–Trinajstić information content (AvgIpc) is 2.48. The summed E-state index contributed by atoms with van der Waals surface area (Å²) >= 11 is 6.11. The summed E-state index contributed by atoms with van der Waals surface area (Å²) in [7, 11) is 1.58. The molecule has 0 spiro atoms. The first-order valence-electron chi connectivity index (χ1n) is 6.93. The van der Waals surface area contributed by atoms with Crippen LogP contribution in [0.3, 0.4) is 0 Å². The Kier molecular flexibility index (Phi) is 3.59. The van der Waals surface area contributed by atoms with Crippen molar-refractivity contribution in [3.05, 3.63) is 50.9 Å². The number of hydrogen-bond donors (Lipinski definition) is 2. The number of hydrogen-bond acceptors (Lipinski definition) is 4. The van der Waals surface area contributed by atoms with Crippen molar-refractivity contribution in [3.63, 3.8) is 0 Å². The van der Waals surface area contributed by atoms with Crippen LogP contribution < -0.4 is 16.6 Å². The van der Waals surface area contributed by atoms with Gasteiger partial charge in [-0.05, 0) is 42.5 Å². The fraction of sp³-hybridized carbons (Fsp3) is 0.333. The van der Waals surface area contributed by atoms with Gasteiger partial charge in [0, 0.05) is 12.7 Å². The van der Waals surface area contributed by atoms with Crippen molar-refractivity contribution in [2.24, 2.45) is 7.05 Å². The summed E-state index contributed by atoms with van der Waals surface area (Å²) in [5.41, 5.74) is 9.38. The molecule has 3 rings (SSSR count). The lowest BCUT2D eigenvalue weighted by atomic mass is 9.87. The molecule has 1 aromatic carbocycles. The molecule has 1 aliphatic rings. The minimum Gasteiger partial charge on any atom is -0.399 e. The fourth-order valence-corrected chi connectivity index (χ4v) is 3.01. The topological polar surface area (TPSA) is 72.9 Å². The highest BCUT2D eigenvalue weighted by Gasteiger charge is 2.21. The molecule has 5 nitrogen and oxygen atoms in total. The first kappa shape index (κ1) is 13.9. The van der Waals surface area contributed by atoms with Gasteiger partial charge in [0.15, 0.2) is 0 Å². The van der Waals surface area contributed by atoms with Crippen LogP contribution in [0, 0.1) is 0 Å². The van der Waals surface area contributed by atoms with Crippen molar-refractivity contribution < 1.29 is 0 Å². The standard InChI is InChI=1S/C15H17ClN4O/c1-20-15(21)14(16)13(8-18-20)19-12-4-2-3-9-7-10(17)5-6-11(9)12/h5-8,12,19H,2-4,17H2,1H3. The van der Waals surface area contributed by atoms with Crippen LogP contribution >= 0.6 is 11.6 Å². The van der Waals surface area contributed by atoms with Gasteiger partial charge in [0.05, 0.1) is 17.9 Å². The molecule has 2 aromatic rings. The van der Waals surface area contributed by atoms with E-state index in [1.165, 1.54) is 15.8 Å². The van der Waals surface area contributed by atoms with Crippen molar-refractivity contribution in [2.45, 2.75) is 25.3 Å². The monoisotopic (exact) mass is 304 g/mol. The lowest BCUT2D eigenvalue weighted by Crippen LogP contribution is -2.23. The molecule has 6 heteroatoms. The van der Waals surface area contributed by atoms with Crippen LogP contribution in [0.2, 0.25) is 5.02 Å². The summed E-state index contributed by atoms with van der Waals surface area (Å²) in [6, 6.07) is 6.10. The van der Waals surface area contributed by atoms with E-state index in [9.17, 15) is 4.79 Å². The fourth-order valence-electron chi connectivity index (χ4n) is 2.78. The van der Waals surface area contributed by atoms with Gasteiger partial charge in [0.25, 0.3) is 5.56 Å². The van der Waals surface area contributed by atoms with Crippen LogP contribution in [-0.2, 0) is 13.5 Å². The number of nitrogens with two attached hydrogens (primary N) is 1. The molecular weight excluding hydrogens is 288 g/mol. The van der Waals surface area contributed by atoms with Crippen LogP contribution in [0.5, 0.6) is 0 Å². The second-order valence-electron chi connectivity index (χ2n) is 5.35. The van der Waals surface area contributed by atoms with Crippen molar-refractivity contribution in [3.8, 4) is 0 Å². The predicted octanol–water partition coefficient (Wildman–Crippen LogP) is 2.51. The van der Waals surface area contributed by atoms with Crippen molar-refractivity contribution in [1.29, 1.82) is 0 Å². The second-order valence-corrected chi connectivity index (χ2v) is 5.73. The van der Waals surface area contributed by atoms with Crippen LogP contribution in [0.1, 0.15) is 30.0 Å². The highest BCUT2D eigenvalue weighted by atomic mass is 35.5. The minimum absolute atomic E-state index is 0.126. The molecular formula is C15H17ClN4O. The molecule has 21 heavy (non-hydrogen) atoms. The normalized spacial score (nSPS) is 17.3. The number of fused-ring (bicyclic) bond motifs is 1. The first-order chi connectivity index (χ1) is 10.1. The lowest BCUT2D eigenvalue weighted by molar-refractivity contribution is 0.599. The Balaban J connectivity index is 1.94. The van der Waals surface area contributed by atoms with E-state index in [1.807, 2.05) is 18.2 Å². The number of nitrogens with one attached hydrogen (secondary N) is 1. The summed E-state index contributed by atoms with van der Waals surface area (Å²) < 4.78 is 1.23. The average molecular weight is 305 g/mol. The summed E-state index contributed by atoms with van der Waals surface area (Å²) in [4.78, 5) is 11.8. The van der Waals surface area contributed by atoms with Crippen LogP contribution in [0.4, 0.5) is 11.4 Å². The minimum atomic E-state index is -0.296. The molecule has 0 aliphatic heterocycles. The van der Waals surface area contributed by atoms with Crippen LogP contribution in [0.15, 0.2) is 29.2 Å². The van der Waals surface area contributed by atoms with E-state index in [0.29, 0.717) is 5.69 Å². The second kappa shape index (κ2) is 5.41. The number of benzene rings is 1. The number of aryl methyl sites for hydroxylation is 2. The molecule has 1 heterocycles. The highest BCUT2D eigenvalue weighted by molar-refractivity contribution is 6.32. The Morgan fingerprint density at radius 2 is 2.29 bits per heavy atom. The smallest absolute Gasteiger partial charge is 0.287 e. The number of rotatable bonds is 2. The SMILES string of the molecule is Cn1ncc(NC2CCCc3cc(N)ccc32)c(Cl)c1=O. The van der Waals surface area contributed by atoms with E-state index in [2.05, 4.69) is 10.4 Å². The van der Waals surface area contributed by atoms with Gasteiger partial charge in [-0.25, -0.2) is 4.68 Å². The van der Waals surface area contributed by atoms with Gasteiger partial charge >= 0.3 is 0 Å². The highest BCUT2D eigenvalue weighted by Crippen LogP contribution is 2.34. The molecule has 0 fully saturated rings. The maximum Gasteiger partial charge on any atom is 0.287 e. The van der Waals surface area contributed by atoms with E-state index < -0.39 is 0 Å². The molecule has 1 unspecified atom stereocenters. The molecule has 0 radical (unpaired) electrons. The Morgan fingerprint density at radius 1 is 1.48 bits per heavy atom. The number of nitrogens with zero attached hydrogens (tertiary/aromatic N) is 2. The summed E-state index contributed by atoms with van der Waals surface area (Å²) in [5, 5.41) is 7.53. The maximum absolute atomic E-state index is 11.8. The summed E-state index contributed by atoms with van der Waals surface area (Å²) in [6.45, 7) is 0. The number of aromatic nitrogens is 2. The zero-order chi connectivity index (χ0) is 15.0. The summed E-state index contributed by atoms with van der Waals surface area (Å²) in [6.07, 6.45) is 4.68. The quantitative estimate of drug-likeness (QED) is 0.836. The molecule has 110 valence electrons. The Hall–Kier alpha value is -2.01. The van der Waals surface area contributed by atoms with E-state index in [1.54, 1.807) is 13.2 Å². The number of halogens is 1. The lowest BCUT2D eigenvalue weighted by Gasteiger charge is -2.27. The largest absolute Gasteiger partial charge is 0.399 e. The van der Waals surface area contributed by atoms with Gasteiger partial charge in [-0.1, -0.05) is 17.7 Å². The van der Waals surface area contributed by atoms with E-state index in [-0.39, 0.29) is 16.6 Å². The molecule has 0 saturated carbocycles. The first-order valence-corrected chi connectivity index (χ1v) is 7.30. The van der Waals surface area contributed by atoms with E-state index in [0.717, 1.165) is 24.9 Å². The third kappa shape index (κ3) is 2.61. The molecule has 0 amide bonds. The van der Waals surface area contributed by atoms with Gasteiger partial charge in [-0.15, -0.1) is 0 Å². The Labute approximate surface area is 127 Å². The zero-order valence-corrected chi connectivity index (χ0v) is 12.5. The molecule has 0 saturated heterocycles. The molecule has 1 atom stereocenters. The van der Waals surface area contributed by atoms with Crippen molar-refractivity contribution >= 4 is 23.0 Å². The van der Waals surface area contributed by atoms with Gasteiger partial charge in [0.1, 0.15) is 5.02 Å². The van der Waals surface area contributed by atoms with Crippen LogP contribution in [-0.4, -0.2) is 9.78 Å². The van der Waals surface area contributed by atoms with Gasteiger partial charge in [0.2, 0.25) is 0 Å². The Morgan fingerprint density at radius 3 is 3.10 bits per heavy atom.